The molecule has 0 spiro atoms. The smallest absolute Gasteiger partial charge is 0.269 e. The number of aromatic nitrogens is 2. The highest BCUT2D eigenvalue weighted by Gasteiger charge is 2.29. The lowest BCUT2D eigenvalue weighted by atomic mass is 9.84. The van der Waals surface area contributed by atoms with Crippen molar-refractivity contribution in [3.63, 3.8) is 0 Å². The molecule has 1 aliphatic heterocycles. The number of benzene rings is 3. The van der Waals surface area contributed by atoms with Crippen LogP contribution in [0.15, 0.2) is 114 Å². The summed E-state index contributed by atoms with van der Waals surface area (Å²) in [5.41, 5.74) is 5.26. The highest BCUT2D eigenvalue weighted by Crippen LogP contribution is 2.34. The van der Waals surface area contributed by atoms with Crippen LogP contribution in [-0.4, -0.2) is 40.6 Å². The van der Waals surface area contributed by atoms with Crippen LogP contribution in [0.3, 0.4) is 0 Å². The highest BCUT2D eigenvalue weighted by molar-refractivity contribution is 7.90. The largest absolute Gasteiger partial charge is 0.381 e. The van der Waals surface area contributed by atoms with Crippen LogP contribution in [0.1, 0.15) is 28.2 Å². The summed E-state index contributed by atoms with van der Waals surface area (Å²) in [4.78, 5) is 18.2. The molecule has 0 saturated heterocycles. The molecule has 218 valence electrons. The van der Waals surface area contributed by atoms with Gasteiger partial charge in [-0.3, -0.25) is 9.78 Å². The van der Waals surface area contributed by atoms with E-state index in [0.717, 1.165) is 20.8 Å². The van der Waals surface area contributed by atoms with Crippen LogP contribution in [-0.2, 0) is 27.9 Å². The maximum Gasteiger partial charge on any atom is 0.269 e. The molecule has 0 bridgehead atoms. The maximum atomic E-state index is 14.8. The fraction of sp³-hybridized carbons (Fsp3) is 0.152. The van der Waals surface area contributed by atoms with Crippen molar-refractivity contribution in [2.75, 3.05) is 17.7 Å². The molecule has 1 aliphatic rings. The lowest BCUT2D eigenvalue weighted by Crippen LogP contribution is -2.39. The number of nitrogens with one attached hydrogen (secondary N) is 1. The van der Waals surface area contributed by atoms with Gasteiger partial charge in [0.2, 0.25) is 5.91 Å². The number of anilines is 1. The first-order valence-corrected chi connectivity index (χ1v) is 15.7. The summed E-state index contributed by atoms with van der Waals surface area (Å²) < 4.78 is 43.0. The molecule has 43 heavy (non-hydrogen) atoms. The topological polar surface area (TPSA) is 84.3 Å². The Kier molecular flexibility index (Phi) is 8.01. The number of hydrogen-bond donors (Lipinski definition) is 1. The molecule has 3 aromatic carbocycles. The first-order chi connectivity index (χ1) is 20.8. The van der Waals surface area contributed by atoms with Gasteiger partial charge in [0.15, 0.2) is 0 Å². The summed E-state index contributed by atoms with van der Waals surface area (Å²) in [5.74, 6) is -0.649. The third kappa shape index (κ3) is 5.78. The van der Waals surface area contributed by atoms with Gasteiger partial charge in [-0.25, -0.2) is 16.8 Å². The van der Waals surface area contributed by atoms with Gasteiger partial charge in [-0.1, -0.05) is 48.5 Å². The van der Waals surface area contributed by atoms with Crippen molar-refractivity contribution in [2.45, 2.75) is 23.9 Å². The minimum absolute atomic E-state index is 0.00823. The number of pyridine rings is 1. The maximum absolute atomic E-state index is 14.8. The Balaban J connectivity index is 1.26. The lowest BCUT2D eigenvalue weighted by Gasteiger charge is -2.35. The average Bonchev–Trinajstić information content (AvgIpc) is 3.49. The molecule has 0 aliphatic carbocycles. The zero-order chi connectivity index (χ0) is 30.0. The fourth-order valence-corrected chi connectivity index (χ4v) is 7.00. The predicted octanol–water partition coefficient (Wildman–Crippen LogP) is 6.25. The van der Waals surface area contributed by atoms with Crippen molar-refractivity contribution in [3.8, 4) is 11.3 Å². The third-order valence-electron chi connectivity index (χ3n) is 7.66. The van der Waals surface area contributed by atoms with Crippen LogP contribution in [0.25, 0.3) is 11.3 Å². The summed E-state index contributed by atoms with van der Waals surface area (Å²) >= 11 is 5.87. The SMILES string of the molecule is O=C(CCl)N1Cc2ccccc2C(c2ccc(NCc3cc(-c4ccccc4F)n(S(=O)(=O)c4cccnc4)c3)cc2)C1. The number of halogens is 2. The summed E-state index contributed by atoms with van der Waals surface area (Å²) in [6.45, 7) is 1.40. The van der Waals surface area contributed by atoms with E-state index in [1.807, 2.05) is 42.5 Å². The van der Waals surface area contributed by atoms with Gasteiger partial charge >= 0.3 is 0 Å². The quantitative estimate of drug-likeness (QED) is 0.209. The second-order valence-electron chi connectivity index (χ2n) is 10.3. The molecule has 3 heterocycles. The van der Waals surface area contributed by atoms with Gasteiger partial charge in [0, 0.05) is 55.4 Å². The van der Waals surface area contributed by atoms with Gasteiger partial charge in [-0.15, -0.1) is 11.6 Å². The van der Waals surface area contributed by atoms with E-state index in [2.05, 4.69) is 16.4 Å². The summed E-state index contributed by atoms with van der Waals surface area (Å²) in [6, 6.07) is 26.9. The molecule has 7 nitrogen and oxygen atoms in total. The van der Waals surface area contributed by atoms with E-state index in [1.54, 1.807) is 35.2 Å². The van der Waals surface area contributed by atoms with Gasteiger partial charge in [0.25, 0.3) is 10.0 Å². The van der Waals surface area contributed by atoms with E-state index < -0.39 is 15.8 Å². The first kappa shape index (κ1) is 28.6. The second kappa shape index (κ2) is 12.0. The summed E-state index contributed by atoms with van der Waals surface area (Å²) in [6.07, 6.45) is 4.28. The monoisotopic (exact) mass is 614 g/mol. The molecule has 0 fully saturated rings. The minimum Gasteiger partial charge on any atom is -0.381 e. The van der Waals surface area contributed by atoms with E-state index in [4.69, 9.17) is 11.6 Å². The van der Waals surface area contributed by atoms with Gasteiger partial charge in [-0.05, 0) is 64.7 Å². The van der Waals surface area contributed by atoms with E-state index in [-0.39, 0.29) is 33.9 Å². The zero-order valence-corrected chi connectivity index (χ0v) is 24.6. The van der Waals surface area contributed by atoms with Crippen LogP contribution in [0.2, 0.25) is 0 Å². The molecule has 1 N–H and O–H groups in total. The van der Waals surface area contributed by atoms with Crippen LogP contribution in [0.4, 0.5) is 10.1 Å². The molecule has 1 amide bonds. The normalized spacial score (nSPS) is 14.7. The van der Waals surface area contributed by atoms with E-state index in [0.29, 0.717) is 25.2 Å². The van der Waals surface area contributed by atoms with E-state index in [9.17, 15) is 17.6 Å². The van der Waals surface area contributed by atoms with Gasteiger partial charge in [0.05, 0.1) is 5.69 Å². The number of nitrogens with zero attached hydrogens (tertiary/aromatic N) is 3. The van der Waals surface area contributed by atoms with Gasteiger partial charge < -0.3 is 10.2 Å². The first-order valence-electron chi connectivity index (χ1n) is 13.7. The molecule has 0 radical (unpaired) electrons. The number of alkyl halides is 1. The number of fused-ring (bicyclic) bond motifs is 1. The van der Waals surface area contributed by atoms with E-state index >= 15 is 0 Å². The number of rotatable bonds is 8. The Labute approximate surface area is 254 Å². The van der Waals surface area contributed by atoms with Crippen molar-refractivity contribution in [3.05, 3.63) is 138 Å². The Morgan fingerprint density at radius 3 is 2.51 bits per heavy atom. The number of amides is 1. The van der Waals surface area contributed by atoms with Crippen LogP contribution < -0.4 is 5.32 Å². The fourth-order valence-electron chi connectivity index (χ4n) is 5.47. The van der Waals surface area contributed by atoms with Crippen molar-refractivity contribution in [1.29, 1.82) is 0 Å². The molecule has 6 rings (SSSR count). The Morgan fingerprint density at radius 1 is 1.00 bits per heavy atom. The Morgan fingerprint density at radius 2 is 1.77 bits per heavy atom. The molecule has 10 heteroatoms. The van der Waals surface area contributed by atoms with Crippen LogP contribution in [0, 0.1) is 5.82 Å². The third-order valence-corrected chi connectivity index (χ3v) is 9.54. The molecule has 5 aromatic rings. The number of carbonyl (C=O) groups excluding carboxylic acids is 1. The van der Waals surface area contributed by atoms with Gasteiger partial charge in [-0.2, -0.15) is 0 Å². The molecule has 0 saturated carbocycles. The minimum atomic E-state index is -4.03. The van der Waals surface area contributed by atoms with Crippen molar-refractivity contribution in [2.24, 2.45) is 0 Å². The molecular formula is C33H28ClFN4O3S. The second-order valence-corrected chi connectivity index (χ2v) is 12.4. The number of hydrogen-bond acceptors (Lipinski definition) is 5. The standard InChI is InChI=1S/C33H28ClFN4O3S/c34-17-33(40)38-21-25-6-1-2-8-28(25)30(22-38)24-11-13-26(14-12-24)37-18-23-16-32(29-9-3-4-10-31(29)35)39(20-23)43(41,42)27-7-5-15-36-19-27/h1-16,19-20,30,37H,17-18,21-22H2. The predicted molar refractivity (Wildman–Crippen MR) is 165 cm³/mol. The highest BCUT2D eigenvalue weighted by atomic mass is 35.5. The van der Waals surface area contributed by atoms with Crippen molar-refractivity contribution >= 4 is 33.2 Å². The molecule has 1 unspecified atom stereocenters. The zero-order valence-electron chi connectivity index (χ0n) is 23.0. The van der Waals surface area contributed by atoms with Crippen molar-refractivity contribution < 1.29 is 17.6 Å². The Bertz CT molecular complexity index is 1880. The molecule has 2 aromatic heterocycles. The van der Waals surface area contributed by atoms with Crippen LogP contribution >= 0.6 is 11.6 Å². The number of carbonyl (C=O) groups is 1. The lowest BCUT2D eigenvalue weighted by molar-refractivity contribution is -0.129. The van der Waals surface area contributed by atoms with E-state index in [1.165, 1.54) is 36.3 Å². The molecule has 1 atom stereocenters. The van der Waals surface area contributed by atoms with Crippen molar-refractivity contribution in [1.82, 2.24) is 13.9 Å². The van der Waals surface area contributed by atoms with Crippen LogP contribution in [0.5, 0.6) is 0 Å². The Hall–Kier alpha value is -4.47. The summed E-state index contributed by atoms with van der Waals surface area (Å²) in [7, 11) is -4.03. The van der Waals surface area contributed by atoms with Gasteiger partial charge in [0.1, 0.15) is 16.6 Å². The summed E-state index contributed by atoms with van der Waals surface area (Å²) in [5, 5.41) is 3.35. The molecular weight excluding hydrogens is 587 g/mol. The average molecular weight is 615 g/mol.